The Bertz CT molecular complexity index is 315. The van der Waals surface area contributed by atoms with Crippen LogP contribution in [-0.4, -0.2) is 43.0 Å². The summed E-state index contributed by atoms with van der Waals surface area (Å²) in [6, 6.07) is 0.257. The number of carbonyl (C=O) groups is 1. The van der Waals surface area contributed by atoms with Crippen molar-refractivity contribution < 1.29 is 4.79 Å². The van der Waals surface area contributed by atoms with E-state index in [4.69, 9.17) is 5.73 Å². The first-order valence-electron chi connectivity index (χ1n) is 8.33. The van der Waals surface area contributed by atoms with E-state index in [0.717, 1.165) is 26.1 Å². The summed E-state index contributed by atoms with van der Waals surface area (Å²) < 4.78 is 0. The molecular formula is C16H31N3O. The van der Waals surface area contributed by atoms with Crippen LogP contribution in [0.3, 0.4) is 0 Å². The summed E-state index contributed by atoms with van der Waals surface area (Å²) in [7, 11) is 0. The van der Waals surface area contributed by atoms with Crippen LogP contribution in [-0.2, 0) is 4.79 Å². The third kappa shape index (κ3) is 3.73. The lowest BCUT2D eigenvalue weighted by Gasteiger charge is -2.40. The Morgan fingerprint density at radius 1 is 1.40 bits per heavy atom. The van der Waals surface area contributed by atoms with E-state index in [0.29, 0.717) is 36.6 Å². The number of nitrogens with one attached hydrogen (secondary N) is 1. The van der Waals surface area contributed by atoms with Crippen molar-refractivity contribution in [3.63, 3.8) is 0 Å². The van der Waals surface area contributed by atoms with Gasteiger partial charge in [-0.2, -0.15) is 0 Å². The fraction of sp³-hybridized carbons (Fsp3) is 0.938. The third-order valence-electron chi connectivity index (χ3n) is 5.31. The lowest BCUT2D eigenvalue weighted by atomic mass is 9.84. The van der Waals surface area contributed by atoms with E-state index in [-0.39, 0.29) is 6.04 Å². The summed E-state index contributed by atoms with van der Waals surface area (Å²) in [5.41, 5.74) is 5.89. The van der Waals surface area contributed by atoms with Gasteiger partial charge in [-0.15, -0.1) is 0 Å². The van der Waals surface area contributed by atoms with Gasteiger partial charge in [-0.3, -0.25) is 4.79 Å². The summed E-state index contributed by atoms with van der Waals surface area (Å²) in [6.45, 7) is 8.18. The molecule has 0 saturated carbocycles. The van der Waals surface area contributed by atoms with Crippen molar-refractivity contribution in [3.05, 3.63) is 0 Å². The smallest absolute Gasteiger partial charge is 0.223 e. The molecule has 0 aromatic heterocycles. The van der Waals surface area contributed by atoms with Crippen LogP contribution in [0.4, 0.5) is 0 Å². The van der Waals surface area contributed by atoms with Gasteiger partial charge >= 0.3 is 0 Å². The summed E-state index contributed by atoms with van der Waals surface area (Å²) in [5.74, 6) is 2.01. The highest BCUT2D eigenvalue weighted by atomic mass is 16.2. The summed E-state index contributed by atoms with van der Waals surface area (Å²) in [5, 5.41) is 3.45. The summed E-state index contributed by atoms with van der Waals surface area (Å²) >= 11 is 0. The molecule has 20 heavy (non-hydrogen) atoms. The molecular weight excluding hydrogens is 250 g/mol. The van der Waals surface area contributed by atoms with E-state index in [9.17, 15) is 4.79 Å². The largest absolute Gasteiger partial charge is 0.338 e. The highest BCUT2D eigenvalue weighted by molar-refractivity contribution is 5.77. The van der Waals surface area contributed by atoms with Gasteiger partial charge in [0.05, 0.1) is 0 Å². The minimum atomic E-state index is 0.257. The number of nitrogens with zero attached hydrogens (tertiary/aromatic N) is 1. The topological polar surface area (TPSA) is 58.4 Å². The first-order chi connectivity index (χ1) is 9.63. The van der Waals surface area contributed by atoms with Gasteiger partial charge in [0.2, 0.25) is 5.91 Å². The third-order valence-corrected chi connectivity index (χ3v) is 5.31. The van der Waals surface area contributed by atoms with Crippen LogP contribution in [0.1, 0.15) is 46.0 Å². The Hall–Kier alpha value is -0.610. The number of rotatable bonds is 4. The average molecular weight is 281 g/mol. The Labute approximate surface area is 123 Å². The highest BCUT2D eigenvalue weighted by Crippen LogP contribution is 2.27. The highest BCUT2D eigenvalue weighted by Gasteiger charge is 2.32. The molecule has 0 aromatic carbocycles. The molecule has 4 heteroatoms. The number of amides is 1. The molecule has 2 aliphatic heterocycles. The quantitative estimate of drug-likeness (QED) is 0.823. The second kappa shape index (κ2) is 7.41. The monoisotopic (exact) mass is 281 g/mol. The van der Waals surface area contributed by atoms with E-state index < -0.39 is 0 Å². The van der Waals surface area contributed by atoms with Crippen LogP contribution in [0, 0.1) is 17.8 Å². The van der Waals surface area contributed by atoms with Crippen LogP contribution >= 0.6 is 0 Å². The molecule has 0 radical (unpaired) electrons. The molecule has 3 N–H and O–H groups in total. The Kier molecular flexibility index (Phi) is 5.85. The first kappa shape index (κ1) is 15.8. The van der Waals surface area contributed by atoms with Crippen molar-refractivity contribution in [2.75, 3.05) is 26.2 Å². The number of hydrogen-bond acceptors (Lipinski definition) is 3. The molecule has 2 aliphatic rings. The van der Waals surface area contributed by atoms with Gasteiger partial charge in [0, 0.05) is 25.6 Å². The number of nitrogens with two attached hydrogens (primary N) is 1. The van der Waals surface area contributed by atoms with E-state index >= 15 is 0 Å². The molecule has 0 spiro atoms. The second-order valence-electron chi connectivity index (χ2n) is 6.80. The standard InChI is InChI=1S/C16H31N3O/c1-12-5-4-8-19(15(12)10-17)16(20)9-13(2)14-6-3-7-18-11-14/h12-15,18H,3-11,17H2,1-2H3. The number of piperidine rings is 2. The van der Waals surface area contributed by atoms with Crippen LogP contribution in [0.15, 0.2) is 0 Å². The van der Waals surface area contributed by atoms with E-state index in [1.807, 2.05) is 0 Å². The van der Waals surface area contributed by atoms with Crippen LogP contribution < -0.4 is 11.1 Å². The molecule has 4 atom stereocenters. The normalized spacial score (nSPS) is 33.0. The molecule has 0 bridgehead atoms. The van der Waals surface area contributed by atoms with E-state index in [2.05, 4.69) is 24.1 Å². The lowest BCUT2D eigenvalue weighted by Crippen LogP contribution is -2.51. The first-order valence-corrected chi connectivity index (χ1v) is 8.33. The molecule has 2 fully saturated rings. The van der Waals surface area contributed by atoms with E-state index in [1.165, 1.54) is 19.3 Å². The van der Waals surface area contributed by atoms with Crippen LogP contribution in [0.2, 0.25) is 0 Å². The minimum Gasteiger partial charge on any atom is -0.338 e. The molecule has 4 nitrogen and oxygen atoms in total. The number of hydrogen-bond donors (Lipinski definition) is 2. The van der Waals surface area contributed by atoms with Crippen molar-refractivity contribution >= 4 is 5.91 Å². The molecule has 0 aromatic rings. The average Bonchev–Trinajstić information content (AvgIpc) is 2.47. The molecule has 116 valence electrons. The lowest BCUT2D eigenvalue weighted by molar-refractivity contribution is -0.137. The van der Waals surface area contributed by atoms with Gasteiger partial charge in [-0.25, -0.2) is 0 Å². The van der Waals surface area contributed by atoms with Crippen LogP contribution in [0.5, 0.6) is 0 Å². The zero-order valence-corrected chi connectivity index (χ0v) is 13.1. The van der Waals surface area contributed by atoms with Crippen LogP contribution in [0.25, 0.3) is 0 Å². The predicted octanol–water partition coefficient (Wildman–Crippen LogP) is 1.60. The van der Waals surface area contributed by atoms with Crippen molar-refractivity contribution in [1.82, 2.24) is 10.2 Å². The second-order valence-corrected chi connectivity index (χ2v) is 6.80. The van der Waals surface area contributed by atoms with Gasteiger partial charge < -0.3 is 16.0 Å². The van der Waals surface area contributed by atoms with E-state index in [1.54, 1.807) is 0 Å². The minimum absolute atomic E-state index is 0.257. The predicted molar refractivity (Wildman–Crippen MR) is 82.3 cm³/mol. The van der Waals surface area contributed by atoms with Crippen molar-refractivity contribution in [2.24, 2.45) is 23.5 Å². The zero-order valence-electron chi connectivity index (χ0n) is 13.1. The SMILES string of the molecule is CC(CC(=O)N1CCCC(C)C1CN)C1CCCNC1. The molecule has 2 saturated heterocycles. The summed E-state index contributed by atoms with van der Waals surface area (Å²) in [6.07, 6.45) is 5.53. The fourth-order valence-corrected chi connectivity index (χ4v) is 3.84. The molecule has 0 aliphatic carbocycles. The van der Waals surface area contributed by atoms with Gasteiger partial charge in [0.1, 0.15) is 0 Å². The van der Waals surface area contributed by atoms with Gasteiger partial charge in [-0.1, -0.05) is 13.8 Å². The van der Waals surface area contributed by atoms with Crippen molar-refractivity contribution in [3.8, 4) is 0 Å². The number of carbonyl (C=O) groups excluding carboxylic acids is 1. The van der Waals surface area contributed by atoms with Gasteiger partial charge in [-0.05, 0) is 56.5 Å². The van der Waals surface area contributed by atoms with Gasteiger partial charge in [0.25, 0.3) is 0 Å². The Morgan fingerprint density at radius 3 is 2.85 bits per heavy atom. The fourth-order valence-electron chi connectivity index (χ4n) is 3.84. The van der Waals surface area contributed by atoms with Gasteiger partial charge in [0.15, 0.2) is 0 Å². The maximum Gasteiger partial charge on any atom is 0.223 e. The molecule has 1 amide bonds. The number of likely N-dealkylation sites (tertiary alicyclic amines) is 1. The maximum atomic E-state index is 12.6. The molecule has 2 rings (SSSR count). The maximum absolute atomic E-state index is 12.6. The Morgan fingerprint density at radius 2 is 2.20 bits per heavy atom. The summed E-state index contributed by atoms with van der Waals surface area (Å²) in [4.78, 5) is 14.7. The molecule has 2 heterocycles. The zero-order chi connectivity index (χ0) is 14.5. The Balaban J connectivity index is 1.89. The van der Waals surface area contributed by atoms with Crippen molar-refractivity contribution in [2.45, 2.75) is 52.0 Å². The molecule has 4 unspecified atom stereocenters. The van der Waals surface area contributed by atoms with Crippen molar-refractivity contribution in [1.29, 1.82) is 0 Å².